The highest BCUT2D eigenvalue weighted by Crippen LogP contribution is 2.20. The Hall–Kier alpha value is -2.08. The zero-order valence-corrected chi connectivity index (χ0v) is 12.3. The van der Waals surface area contributed by atoms with Crippen molar-refractivity contribution in [2.24, 2.45) is 7.05 Å². The summed E-state index contributed by atoms with van der Waals surface area (Å²) in [6.45, 7) is 4.74. The van der Waals surface area contributed by atoms with Crippen molar-refractivity contribution in [3.05, 3.63) is 36.4 Å². The largest absolute Gasteiger partial charge is 0.486 e. The molecule has 0 amide bonds. The van der Waals surface area contributed by atoms with Crippen LogP contribution in [0.15, 0.2) is 30.6 Å². The van der Waals surface area contributed by atoms with E-state index in [1.54, 1.807) is 4.68 Å². The Balaban J connectivity index is 1.59. The van der Waals surface area contributed by atoms with Crippen LogP contribution in [0.2, 0.25) is 0 Å². The second-order valence-corrected chi connectivity index (χ2v) is 5.17. The summed E-state index contributed by atoms with van der Waals surface area (Å²) in [4.78, 5) is 6.55. The highest BCUT2D eigenvalue weighted by Gasteiger charge is 2.09. The lowest BCUT2D eigenvalue weighted by molar-refractivity contribution is 0.290. The Bertz CT molecular complexity index is 558. The highest BCUT2D eigenvalue weighted by molar-refractivity contribution is 5.49. The van der Waals surface area contributed by atoms with Crippen LogP contribution >= 0.6 is 0 Å². The summed E-state index contributed by atoms with van der Waals surface area (Å²) in [6, 6.07) is 8.28. The van der Waals surface area contributed by atoms with E-state index in [9.17, 15) is 0 Å². The summed E-state index contributed by atoms with van der Waals surface area (Å²) in [5.41, 5.74) is 1.25. The molecule has 1 saturated heterocycles. The van der Waals surface area contributed by atoms with Crippen LogP contribution in [0.3, 0.4) is 0 Å². The normalized spacial score (nSPS) is 15.8. The van der Waals surface area contributed by atoms with Crippen LogP contribution in [-0.4, -0.2) is 40.9 Å². The molecule has 0 spiro atoms. The van der Waals surface area contributed by atoms with E-state index in [0.29, 0.717) is 6.61 Å². The standard InChI is InChI=1S/C15H21N5O/c1-19-15(17-12-18-19)11-21-14-5-3-13(4-6-14)20-9-2-7-16-8-10-20/h3-6,12,16H,2,7-11H2,1H3. The van der Waals surface area contributed by atoms with Gasteiger partial charge in [0.1, 0.15) is 18.7 Å². The van der Waals surface area contributed by atoms with Crippen molar-refractivity contribution >= 4 is 5.69 Å². The summed E-state index contributed by atoms with van der Waals surface area (Å²) in [5, 5.41) is 7.44. The topological polar surface area (TPSA) is 55.2 Å². The number of anilines is 1. The summed E-state index contributed by atoms with van der Waals surface area (Å²) in [6.07, 6.45) is 2.72. The zero-order chi connectivity index (χ0) is 14.5. The van der Waals surface area contributed by atoms with E-state index in [2.05, 4.69) is 32.4 Å². The van der Waals surface area contributed by atoms with E-state index >= 15 is 0 Å². The second kappa shape index (κ2) is 6.58. The first-order chi connectivity index (χ1) is 10.3. The van der Waals surface area contributed by atoms with E-state index in [1.807, 2.05) is 19.2 Å². The Labute approximate surface area is 124 Å². The van der Waals surface area contributed by atoms with Gasteiger partial charge in [0.2, 0.25) is 0 Å². The Morgan fingerprint density at radius 2 is 2.05 bits per heavy atom. The molecule has 0 bridgehead atoms. The maximum Gasteiger partial charge on any atom is 0.164 e. The Kier molecular flexibility index (Phi) is 4.35. The highest BCUT2D eigenvalue weighted by atomic mass is 16.5. The van der Waals surface area contributed by atoms with Gasteiger partial charge in [0.25, 0.3) is 0 Å². The molecule has 0 unspecified atom stereocenters. The molecule has 3 rings (SSSR count). The number of hydrogen-bond donors (Lipinski definition) is 1. The third-order valence-corrected chi connectivity index (χ3v) is 3.72. The van der Waals surface area contributed by atoms with Crippen molar-refractivity contribution < 1.29 is 4.74 Å². The van der Waals surface area contributed by atoms with E-state index in [1.165, 1.54) is 18.4 Å². The quantitative estimate of drug-likeness (QED) is 0.915. The molecule has 1 aromatic heterocycles. The van der Waals surface area contributed by atoms with E-state index in [0.717, 1.165) is 37.8 Å². The van der Waals surface area contributed by atoms with Gasteiger partial charge < -0.3 is 15.0 Å². The van der Waals surface area contributed by atoms with Crippen molar-refractivity contribution in [3.8, 4) is 5.75 Å². The number of benzene rings is 1. The summed E-state index contributed by atoms with van der Waals surface area (Å²) in [5.74, 6) is 1.67. The van der Waals surface area contributed by atoms with Gasteiger partial charge in [-0.2, -0.15) is 5.10 Å². The van der Waals surface area contributed by atoms with Crippen molar-refractivity contribution in [1.82, 2.24) is 20.1 Å². The third kappa shape index (κ3) is 3.52. The number of aromatic nitrogens is 3. The predicted octanol–water partition coefficient (Wildman–Crippen LogP) is 1.19. The van der Waals surface area contributed by atoms with Crippen molar-refractivity contribution in [3.63, 3.8) is 0 Å². The number of nitrogens with one attached hydrogen (secondary N) is 1. The van der Waals surface area contributed by atoms with Crippen LogP contribution in [0.5, 0.6) is 5.75 Å². The van der Waals surface area contributed by atoms with Crippen molar-refractivity contribution in [2.75, 3.05) is 31.1 Å². The number of nitrogens with zero attached hydrogens (tertiary/aromatic N) is 4. The van der Waals surface area contributed by atoms with Crippen LogP contribution in [0.1, 0.15) is 12.2 Å². The van der Waals surface area contributed by atoms with Crippen LogP contribution in [0, 0.1) is 0 Å². The maximum atomic E-state index is 5.74. The minimum Gasteiger partial charge on any atom is -0.486 e. The average molecular weight is 287 g/mol. The van der Waals surface area contributed by atoms with Gasteiger partial charge in [0.15, 0.2) is 5.82 Å². The first-order valence-corrected chi connectivity index (χ1v) is 7.34. The van der Waals surface area contributed by atoms with Gasteiger partial charge in [0.05, 0.1) is 0 Å². The first kappa shape index (κ1) is 13.9. The molecular formula is C15H21N5O. The molecular weight excluding hydrogens is 266 g/mol. The van der Waals surface area contributed by atoms with Gasteiger partial charge in [-0.3, -0.25) is 4.68 Å². The smallest absolute Gasteiger partial charge is 0.164 e. The van der Waals surface area contributed by atoms with Crippen molar-refractivity contribution in [2.45, 2.75) is 13.0 Å². The van der Waals surface area contributed by atoms with Crippen LogP contribution in [-0.2, 0) is 13.7 Å². The molecule has 1 fully saturated rings. The third-order valence-electron chi connectivity index (χ3n) is 3.72. The van der Waals surface area contributed by atoms with E-state index in [-0.39, 0.29) is 0 Å². The van der Waals surface area contributed by atoms with Gasteiger partial charge in [-0.05, 0) is 37.2 Å². The zero-order valence-electron chi connectivity index (χ0n) is 12.3. The van der Waals surface area contributed by atoms with Crippen molar-refractivity contribution in [1.29, 1.82) is 0 Å². The van der Waals surface area contributed by atoms with Crippen LogP contribution < -0.4 is 15.0 Å². The average Bonchev–Trinajstić information content (AvgIpc) is 2.77. The molecule has 112 valence electrons. The number of rotatable bonds is 4. The monoisotopic (exact) mass is 287 g/mol. The van der Waals surface area contributed by atoms with Gasteiger partial charge in [-0.1, -0.05) is 0 Å². The molecule has 1 aromatic carbocycles. The fraction of sp³-hybridized carbons (Fsp3) is 0.467. The van der Waals surface area contributed by atoms with Gasteiger partial charge in [-0.25, -0.2) is 4.98 Å². The lowest BCUT2D eigenvalue weighted by atomic mass is 10.2. The Morgan fingerprint density at radius 3 is 2.81 bits per heavy atom. The molecule has 0 saturated carbocycles. The predicted molar refractivity (Wildman–Crippen MR) is 81.5 cm³/mol. The van der Waals surface area contributed by atoms with Gasteiger partial charge in [-0.15, -0.1) is 0 Å². The molecule has 1 aliphatic heterocycles. The molecule has 0 atom stereocenters. The van der Waals surface area contributed by atoms with Gasteiger partial charge in [0, 0.05) is 32.4 Å². The first-order valence-electron chi connectivity index (χ1n) is 7.34. The molecule has 0 radical (unpaired) electrons. The second-order valence-electron chi connectivity index (χ2n) is 5.17. The number of hydrogen-bond acceptors (Lipinski definition) is 5. The van der Waals surface area contributed by atoms with Crippen LogP contribution in [0.4, 0.5) is 5.69 Å². The summed E-state index contributed by atoms with van der Waals surface area (Å²) < 4.78 is 7.46. The fourth-order valence-electron chi connectivity index (χ4n) is 2.46. The molecule has 6 heteroatoms. The summed E-state index contributed by atoms with van der Waals surface area (Å²) in [7, 11) is 1.86. The van der Waals surface area contributed by atoms with Gasteiger partial charge >= 0.3 is 0 Å². The molecule has 2 aromatic rings. The lowest BCUT2D eigenvalue weighted by Gasteiger charge is -2.22. The minimum absolute atomic E-state index is 0.434. The number of aryl methyl sites for hydroxylation is 1. The Morgan fingerprint density at radius 1 is 1.19 bits per heavy atom. The SMILES string of the molecule is Cn1ncnc1COc1ccc(N2CCCNCC2)cc1. The molecule has 1 aliphatic rings. The molecule has 21 heavy (non-hydrogen) atoms. The lowest BCUT2D eigenvalue weighted by Crippen LogP contribution is -2.27. The van der Waals surface area contributed by atoms with Crippen LogP contribution in [0.25, 0.3) is 0 Å². The fourth-order valence-corrected chi connectivity index (χ4v) is 2.46. The molecule has 0 aliphatic carbocycles. The number of ether oxygens (including phenoxy) is 1. The molecule has 2 heterocycles. The summed E-state index contributed by atoms with van der Waals surface area (Å²) >= 11 is 0. The molecule has 6 nitrogen and oxygen atoms in total. The molecule has 1 N–H and O–H groups in total. The maximum absolute atomic E-state index is 5.74. The minimum atomic E-state index is 0.434. The van der Waals surface area contributed by atoms with E-state index < -0.39 is 0 Å². The van der Waals surface area contributed by atoms with E-state index in [4.69, 9.17) is 4.74 Å².